The maximum Gasteiger partial charge on any atom is 0.193 e. The van der Waals surface area contributed by atoms with Gasteiger partial charge in [-0.05, 0) is 31.6 Å². The molecular formula is C15H25N5. The molecule has 1 saturated carbocycles. The van der Waals surface area contributed by atoms with E-state index in [-0.39, 0.29) is 0 Å². The summed E-state index contributed by atoms with van der Waals surface area (Å²) in [6.07, 6.45) is 7.52. The lowest BCUT2D eigenvalue weighted by Crippen LogP contribution is -2.39. The summed E-state index contributed by atoms with van der Waals surface area (Å²) in [5.41, 5.74) is 2.34. The molecule has 0 bridgehead atoms. The Morgan fingerprint density at radius 3 is 2.65 bits per heavy atom. The Hall–Kier alpha value is -1.52. The third-order valence-corrected chi connectivity index (χ3v) is 4.86. The minimum absolute atomic E-state index is 0.793. The van der Waals surface area contributed by atoms with Crippen LogP contribution in [0, 0.1) is 18.8 Å². The van der Waals surface area contributed by atoms with Crippen LogP contribution in [0.4, 0.5) is 0 Å². The zero-order chi connectivity index (χ0) is 13.9. The topological polar surface area (TPSA) is 56.3 Å². The Labute approximate surface area is 120 Å². The second-order valence-corrected chi connectivity index (χ2v) is 6.13. The average molecular weight is 275 g/mol. The number of nitrogens with one attached hydrogen (secondary N) is 2. The van der Waals surface area contributed by atoms with Crippen LogP contribution >= 0.6 is 0 Å². The van der Waals surface area contributed by atoms with Crippen LogP contribution in [0.3, 0.4) is 0 Å². The first-order chi connectivity index (χ1) is 9.78. The first kappa shape index (κ1) is 13.5. The summed E-state index contributed by atoms with van der Waals surface area (Å²) < 4.78 is 0. The lowest BCUT2D eigenvalue weighted by atomic mass is 9.82. The number of aromatic nitrogens is 2. The molecule has 110 valence electrons. The van der Waals surface area contributed by atoms with E-state index in [9.17, 15) is 0 Å². The van der Waals surface area contributed by atoms with Crippen molar-refractivity contribution in [3.8, 4) is 0 Å². The molecule has 2 heterocycles. The summed E-state index contributed by atoms with van der Waals surface area (Å²) in [7, 11) is 1.88. The van der Waals surface area contributed by atoms with Crippen molar-refractivity contribution in [1.82, 2.24) is 20.4 Å². The molecule has 0 aromatic carbocycles. The van der Waals surface area contributed by atoms with Crippen LogP contribution in [0.15, 0.2) is 11.2 Å². The van der Waals surface area contributed by atoms with E-state index in [4.69, 9.17) is 0 Å². The Morgan fingerprint density at radius 1 is 1.40 bits per heavy atom. The van der Waals surface area contributed by atoms with E-state index in [0.717, 1.165) is 30.0 Å². The van der Waals surface area contributed by atoms with Gasteiger partial charge in [-0.25, -0.2) is 0 Å². The first-order valence-corrected chi connectivity index (χ1v) is 7.72. The van der Waals surface area contributed by atoms with Crippen LogP contribution in [0.5, 0.6) is 0 Å². The van der Waals surface area contributed by atoms with Gasteiger partial charge in [0.1, 0.15) is 0 Å². The highest BCUT2D eigenvalue weighted by molar-refractivity contribution is 5.80. The molecule has 2 N–H and O–H groups in total. The van der Waals surface area contributed by atoms with Crippen LogP contribution in [-0.2, 0) is 6.54 Å². The monoisotopic (exact) mass is 275 g/mol. The van der Waals surface area contributed by atoms with Gasteiger partial charge in [-0.3, -0.25) is 10.1 Å². The number of aliphatic imine (C=N–C) groups is 1. The van der Waals surface area contributed by atoms with Gasteiger partial charge in [0, 0.05) is 37.9 Å². The number of fused-ring (bicyclic) bond motifs is 1. The maximum absolute atomic E-state index is 4.46. The van der Waals surface area contributed by atoms with Crippen LogP contribution in [0.25, 0.3) is 0 Å². The van der Waals surface area contributed by atoms with Crippen LogP contribution in [0.2, 0.25) is 0 Å². The zero-order valence-electron chi connectivity index (χ0n) is 12.5. The van der Waals surface area contributed by atoms with Gasteiger partial charge < -0.3 is 10.2 Å². The standard InChI is InChI=1S/C15H25N5/c1-11-14(8-18-19-11)7-17-15(16-2)20-9-12-5-3-4-6-13(12)10-20/h8,12-13H,3-7,9-10H2,1-2H3,(H,16,17)(H,18,19). The molecule has 1 aromatic rings. The van der Waals surface area contributed by atoms with Crippen molar-refractivity contribution in [3.05, 3.63) is 17.5 Å². The van der Waals surface area contributed by atoms with Crippen molar-refractivity contribution in [2.75, 3.05) is 20.1 Å². The smallest absolute Gasteiger partial charge is 0.193 e. The van der Waals surface area contributed by atoms with E-state index in [1.807, 2.05) is 13.2 Å². The number of aromatic amines is 1. The molecule has 2 aliphatic rings. The molecule has 0 radical (unpaired) electrons. The van der Waals surface area contributed by atoms with Crippen molar-refractivity contribution in [2.45, 2.75) is 39.2 Å². The highest BCUT2D eigenvalue weighted by atomic mass is 15.3. The number of aryl methyl sites for hydroxylation is 1. The summed E-state index contributed by atoms with van der Waals surface area (Å²) in [4.78, 5) is 6.90. The number of guanidine groups is 1. The van der Waals surface area contributed by atoms with Crippen LogP contribution in [0.1, 0.15) is 36.9 Å². The Morgan fingerprint density at radius 2 is 2.10 bits per heavy atom. The Kier molecular flexibility index (Phi) is 3.94. The number of nitrogens with zero attached hydrogens (tertiary/aromatic N) is 3. The largest absolute Gasteiger partial charge is 0.352 e. The molecule has 1 aliphatic heterocycles. The SMILES string of the molecule is CN=C(NCc1cn[nH]c1C)N1CC2CCCCC2C1. The van der Waals surface area contributed by atoms with Gasteiger partial charge in [0.2, 0.25) is 0 Å². The molecule has 1 aliphatic carbocycles. The highest BCUT2D eigenvalue weighted by Gasteiger charge is 2.35. The Bertz CT molecular complexity index is 464. The number of hydrogen-bond acceptors (Lipinski definition) is 2. The van der Waals surface area contributed by atoms with Crippen molar-refractivity contribution >= 4 is 5.96 Å². The maximum atomic E-state index is 4.46. The fourth-order valence-electron chi connectivity index (χ4n) is 3.64. The van der Waals surface area contributed by atoms with Crippen molar-refractivity contribution in [2.24, 2.45) is 16.8 Å². The summed E-state index contributed by atoms with van der Waals surface area (Å²) >= 11 is 0. The number of hydrogen-bond donors (Lipinski definition) is 2. The number of likely N-dealkylation sites (tertiary alicyclic amines) is 1. The fourth-order valence-corrected chi connectivity index (χ4v) is 3.64. The summed E-state index contributed by atoms with van der Waals surface area (Å²) in [5.74, 6) is 2.82. The molecule has 1 saturated heterocycles. The molecule has 2 atom stereocenters. The summed E-state index contributed by atoms with van der Waals surface area (Å²) in [6, 6.07) is 0. The van der Waals surface area contributed by atoms with Gasteiger partial charge in [-0.1, -0.05) is 12.8 Å². The first-order valence-electron chi connectivity index (χ1n) is 7.72. The lowest BCUT2D eigenvalue weighted by molar-refractivity contribution is 0.299. The quantitative estimate of drug-likeness (QED) is 0.640. The van der Waals surface area contributed by atoms with Gasteiger partial charge >= 0.3 is 0 Å². The highest BCUT2D eigenvalue weighted by Crippen LogP contribution is 2.35. The van der Waals surface area contributed by atoms with E-state index < -0.39 is 0 Å². The van der Waals surface area contributed by atoms with Gasteiger partial charge in [0.15, 0.2) is 5.96 Å². The van der Waals surface area contributed by atoms with E-state index in [0.29, 0.717) is 0 Å². The molecule has 5 nitrogen and oxygen atoms in total. The lowest BCUT2D eigenvalue weighted by Gasteiger charge is -2.22. The van der Waals surface area contributed by atoms with Crippen molar-refractivity contribution in [3.63, 3.8) is 0 Å². The summed E-state index contributed by atoms with van der Waals surface area (Å²) in [5, 5.41) is 10.5. The van der Waals surface area contributed by atoms with Crippen molar-refractivity contribution < 1.29 is 0 Å². The predicted octanol–water partition coefficient (Wildman–Crippen LogP) is 1.92. The minimum Gasteiger partial charge on any atom is -0.352 e. The molecule has 0 spiro atoms. The average Bonchev–Trinajstić information content (AvgIpc) is 3.06. The summed E-state index contributed by atoms with van der Waals surface area (Å²) in [6.45, 7) is 5.20. The molecule has 2 unspecified atom stereocenters. The third kappa shape index (κ3) is 2.67. The van der Waals surface area contributed by atoms with E-state index in [2.05, 4.69) is 32.3 Å². The minimum atomic E-state index is 0.793. The van der Waals surface area contributed by atoms with E-state index in [1.54, 1.807) is 0 Å². The van der Waals surface area contributed by atoms with Gasteiger partial charge in [-0.2, -0.15) is 5.10 Å². The third-order valence-electron chi connectivity index (χ3n) is 4.86. The predicted molar refractivity (Wildman–Crippen MR) is 80.5 cm³/mol. The van der Waals surface area contributed by atoms with Gasteiger partial charge in [-0.15, -0.1) is 0 Å². The second kappa shape index (κ2) is 5.85. The van der Waals surface area contributed by atoms with Crippen LogP contribution < -0.4 is 5.32 Å². The van der Waals surface area contributed by atoms with Gasteiger partial charge in [0.05, 0.1) is 6.20 Å². The zero-order valence-corrected chi connectivity index (χ0v) is 12.5. The number of H-pyrrole nitrogens is 1. The van der Waals surface area contributed by atoms with E-state index in [1.165, 1.54) is 44.3 Å². The molecule has 3 rings (SSSR count). The fraction of sp³-hybridized carbons (Fsp3) is 0.733. The van der Waals surface area contributed by atoms with E-state index >= 15 is 0 Å². The molecule has 1 aromatic heterocycles. The molecular weight excluding hydrogens is 250 g/mol. The molecule has 5 heteroatoms. The number of rotatable bonds is 2. The molecule has 20 heavy (non-hydrogen) atoms. The second-order valence-electron chi connectivity index (χ2n) is 6.13. The Balaban J connectivity index is 1.59. The van der Waals surface area contributed by atoms with Gasteiger partial charge in [0.25, 0.3) is 0 Å². The van der Waals surface area contributed by atoms with Crippen LogP contribution in [-0.4, -0.2) is 41.2 Å². The normalized spacial score (nSPS) is 26.7. The molecule has 2 fully saturated rings. The molecule has 0 amide bonds. The van der Waals surface area contributed by atoms with Crippen molar-refractivity contribution in [1.29, 1.82) is 0 Å².